The van der Waals surface area contributed by atoms with Crippen LogP contribution in [0.4, 0.5) is 0 Å². The summed E-state index contributed by atoms with van der Waals surface area (Å²) in [6.07, 6.45) is 3.78. The second-order valence-electron chi connectivity index (χ2n) is 5.66. The lowest BCUT2D eigenvalue weighted by molar-refractivity contribution is 0.0712. The van der Waals surface area contributed by atoms with E-state index in [2.05, 4.69) is 20.9 Å². The highest BCUT2D eigenvalue weighted by molar-refractivity contribution is 9.10. The molecule has 0 saturated heterocycles. The number of hydrogen-bond acceptors (Lipinski definition) is 2. The SMILES string of the molecule is O=C(c1cc2ccc(Br)cc2[nH]1)N(Cc1ccco1)C1CC1. The van der Waals surface area contributed by atoms with Gasteiger partial charge in [0.2, 0.25) is 0 Å². The summed E-state index contributed by atoms with van der Waals surface area (Å²) in [5.41, 5.74) is 1.60. The molecule has 112 valence electrons. The van der Waals surface area contributed by atoms with Gasteiger partial charge in [-0.2, -0.15) is 0 Å². The van der Waals surface area contributed by atoms with Crippen molar-refractivity contribution < 1.29 is 9.21 Å². The van der Waals surface area contributed by atoms with Gasteiger partial charge in [0, 0.05) is 21.4 Å². The number of H-pyrrole nitrogens is 1. The predicted octanol–water partition coefficient (Wildman–Crippen LogP) is 4.33. The summed E-state index contributed by atoms with van der Waals surface area (Å²) < 4.78 is 6.39. The summed E-state index contributed by atoms with van der Waals surface area (Å²) in [5.74, 6) is 0.852. The largest absolute Gasteiger partial charge is 0.467 e. The van der Waals surface area contributed by atoms with Crippen LogP contribution in [0, 0.1) is 0 Å². The molecule has 1 aromatic carbocycles. The van der Waals surface area contributed by atoms with Crippen LogP contribution in [0.15, 0.2) is 51.6 Å². The minimum atomic E-state index is 0.0335. The fourth-order valence-electron chi connectivity index (χ4n) is 2.69. The van der Waals surface area contributed by atoms with E-state index in [-0.39, 0.29) is 5.91 Å². The van der Waals surface area contributed by atoms with Crippen molar-refractivity contribution in [2.75, 3.05) is 0 Å². The Morgan fingerprint density at radius 2 is 2.18 bits per heavy atom. The van der Waals surface area contributed by atoms with E-state index in [4.69, 9.17) is 4.42 Å². The van der Waals surface area contributed by atoms with E-state index >= 15 is 0 Å². The molecule has 1 fully saturated rings. The molecule has 2 heterocycles. The first-order chi connectivity index (χ1) is 10.7. The van der Waals surface area contributed by atoms with Gasteiger partial charge in [-0.1, -0.05) is 22.0 Å². The van der Waals surface area contributed by atoms with Crippen LogP contribution in [0.25, 0.3) is 10.9 Å². The zero-order valence-corrected chi connectivity index (χ0v) is 13.5. The Bertz CT molecular complexity index is 818. The fourth-order valence-corrected chi connectivity index (χ4v) is 3.05. The second-order valence-corrected chi connectivity index (χ2v) is 6.57. The maximum absolute atomic E-state index is 12.8. The van der Waals surface area contributed by atoms with E-state index in [1.165, 1.54) is 0 Å². The second kappa shape index (κ2) is 5.32. The highest BCUT2D eigenvalue weighted by atomic mass is 79.9. The van der Waals surface area contributed by atoms with E-state index in [0.717, 1.165) is 34.0 Å². The van der Waals surface area contributed by atoms with Crippen LogP contribution < -0.4 is 0 Å². The number of benzene rings is 1. The first kappa shape index (κ1) is 13.6. The Hall–Kier alpha value is -2.01. The Morgan fingerprint density at radius 3 is 2.91 bits per heavy atom. The molecule has 0 aliphatic heterocycles. The van der Waals surface area contributed by atoms with Gasteiger partial charge in [0.05, 0.1) is 12.8 Å². The molecule has 2 aromatic heterocycles. The molecule has 1 saturated carbocycles. The van der Waals surface area contributed by atoms with Crippen molar-refractivity contribution in [3.05, 3.63) is 58.6 Å². The highest BCUT2D eigenvalue weighted by Gasteiger charge is 2.34. The molecule has 3 aromatic rings. The van der Waals surface area contributed by atoms with Gasteiger partial charge in [0.1, 0.15) is 11.5 Å². The number of rotatable bonds is 4. The average Bonchev–Trinajstić information content (AvgIpc) is 3.06. The summed E-state index contributed by atoms with van der Waals surface area (Å²) in [4.78, 5) is 18.0. The van der Waals surface area contributed by atoms with Gasteiger partial charge < -0.3 is 14.3 Å². The number of nitrogens with one attached hydrogen (secondary N) is 1. The van der Waals surface area contributed by atoms with Crippen LogP contribution in [0.2, 0.25) is 0 Å². The van der Waals surface area contributed by atoms with Crippen molar-refractivity contribution in [1.82, 2.24) is 9.88 Å². The highest BCUT2D eigenvalue weighted by Crippen LogP contribution is 2.30. The monoisotopic (exact) mass is 358 g/mol. The molecule has 0 spiro atoms. The van der Waals surface area contributed by atoms with Gasteiger partial charge in [-0.05, 0) is 43.2 Å². The van der Waals surface area contributed by atoms with Crippen molar-refractivity contribution >= 4 is 32.7 Å². The third kappa shape index (κ3) is 2.57. The number of aromatic nitrogens is 1. The number of nitrogens with zero attached hydrogens (tertiary/aromatic N) is 1. The minimum absolute atomic E-state index is 0.0335. The molecule has 4 nitrogen and oxygen atoms in total. The lowest BCUT2D eigenvalue weighted by Gasteiger charge is -2.20. The first-order valence-electron chi connectivity index (χ1n) is 7.32. The number of furan rings is 1. The van der Waals surface area contributed by atoms with Crippen LogP contribution in [0.1, 0.15) is 29.1 Å². The van der Waals surface area contributed by atoms with Gasteiger partial charge >= 0.3 is 0 Å². The van der Waals surface area contributed by atoms with Crippen molar-refractivity contribution in [2.45, 2.75) is 25.4 Å². The number of hydrogen-bond donors (Lipinski definition) is 1. The Balaban J connectivity index is 1.64. The molecule has 1 aliphatic rings. The lowest BCUT2D eigenvalue weighted by atomic mass is 10.2. The van der Waals surface area contributed by atoms with E-state index in [9.17, 15) is 4.79 Å². The topological polar surface area (TPSA) is 49.2 Å². The summed E-state index contributed by atoms with van der Waals surface area (Å²) in [6, 6.07) is 12.0. The molecule has 1 N–H and O–H groups in total. The smallest absolute Gasteiger partial charge is 0.270 e. The molecule has 5 heteroatoms. The lowest BCUT2D eigenvalue weighted by Crippen LogP contribution is -2.32. The van der Waals surface area contributed by atoms with Crippen molar-refractivity contribution in [3.8, 4) is 0 Å². The maximum atomic E-state index is 12.8. The van der Waals surface area contributed by atoms with Crippen LogP contribution in [-0.2, 0) is 6.54 Å². The third-order valence-corrected chi connectivity index (χ3v) is 4.46. The van der Waals surface area contributed by atoms with Crippen molar-refractivity contribution in [1.29, 1.82) is 0 Å². The summed E-state index contributed by atoms with van der Waals surface area (Å²) in [6.45, 7) is 0.523. The number of carbonyl (C=O) groups is 1. The van der Waals surface area contributed by atoms with E-state index in [1.807, 2.05) is 41.3 Å². The number of halogens is 1. The van der Waals surface area contributed by atoms with Crippen LogP contribution in [0.5, 0.6) is 0 Å². The third-order valence-electron chi connectivity index (χ3n) is 3.97. The van der Waals surface area contributed by atoms with Gasteiger partial charge in [0.25, 0.3) is 5.91 Å². The normalized spacial score (nSPS) is 14.4. The molecule has 0 atom stereocenters. The molecule has 0 bridgehead atoms. The van der Waals surface area contributed by atoms with Gasteiger partial charge in [-0.15, -0.1) is 0 Å². The Morgan fingerprint density at radius 1 is 1.32 bits per heavy atom. The number of aromatic amines is 1. The minimum Gasteiger partial charge on any atom is -0.467 e. The molecule has 1 aliphatic carbocycles. The Kier molecular flexibility index (Phi) is 3.30. The molecule has 1 amide bonds. The Labute approximate surface area is 136 Å². The summed E-state index contributed by atoms with van der Waals surface area (Å²) in [7, 11) is 0. The van der Waals surface area contributed by atoms with Gasteiger partial charge in [0.15, 0.2) is 0 Å². The van der Waals surface area contributed by atoms with E-state index in [0.29, 0.717) is 18.3 Å². The average molecular weight is 359 g/mol. The van der Waals surface area contributed by atoms with Crippen molar-refractivity contribution in [3.63, 3.8) is 0 Å². The molecule has 22 heavy (non-hydrogen) atoms. The number of fused-ring (bicyclic) bond motifs is 1. The van der Waals surface area contributed by atoms with Crippen LogP contribution in [-0.4, -0.2) is 21.8 Å². The molecule has 4 rings (SSSR count). The zero-order valence-electron chi connectivity index (χ0n) is 11.9. The van der Waals surface area contributed by atoms with Gasteiger partial charge in [-0.25, -0.2) is 0 Å². The summed E-state index contributed by atoms with van der Waals surface area (Å²) in [5, 5.41) is 1.04. The van der Waals surface area contributed by atoms with Gasteiger partial charge in [-0.3, -0.25) is 4.79 Å². The maximum Gasteiger partial charge on any atom is 0.270 e. The van der Waals surface area contributed by atoms with Crippen LogP contribution in [0.3, 0.4) is 0 Å². The van der Waals surface area contributed by atoms with E-state index < -0.39 is 0 Å². The zero-order chi connectivity index (χ0) is 15.1. The van der Waals surface area contributed by atoms with Crippen LogP contribution >= 0.6 is 15.9 Å². The molecule has 0 unspecified atom stereocenters. The fraction of sp³-hybridized carbons (Fsp3) is 0.235. The first-order valence-corrected chi connectivity index (χ1v) is 8.11. The number of amides is 1. The van der Waals surface area contributed by atoms with E-state index in [1.54, 1.807) is 6.26 Å². The predicted molar refractivity (Wildman–Crippen MR) is 87.6 cm³/mol. The summed E-state index contributed by atoms with van der Waals surface area (Å²) >= 11 is 3.45. The molecular formula is C17H15BrN2O2. The molecular weight excluding hydrogens is 344 g/mol. The molecule has 0 radical (unpaired) electrons. The quantitative estimate of drug-likeness (QED) is 0.754. The van der Waals surface area contributed by atoms with Crippen molar-refractivity contribution in [2.24, 2.45) is 0 Å². The standard InChI is InChI=1S/C17H15BrN2O2/c18-12-4-3-11-8-16(19-15(11)9-12)17(21)20(13-5-6-13)10-14-2-1-7-22-14/h1-4,7-9,13,19H,5-6,10H2. The number of carbonyl (C=O) groups excluding carboxylic acids is 1.